The van der Waals surface area contributed by atoms with Gasteiger partial charge in [-0.3, -0.25) is 4.79 Å². The van der Waals surface area contributed by atoms with Crippen LogP contribution in [0.2, 0.25) is 0 Å². The van der Waals surface area contributed by atoms with Crippen LogP contribution in [0.3, 0.4) is 0 Å². The van der Waals surface area contributed by atoms with Crippen molar-refractivity contribution in [1.82, 2.24) is 0 Å². The summed E-state index contributed by atoms with van der Waals surface area (Å²) in [5.41, 5.74) is 3.76. The predicted molar refractivity (Wildman–Crippen MR) is 103 cm³/mol. The summed E-state index contributed by atoms with van der Waals surface area (Å²) in [6, 6.07) is 11.0. The van der Waals surface area contributed by atoms with Gasteiger partial charge in [0.25, 0.3) is 0 Å². The van der Waals surface area contributed by atoms with E-state index in [1.54, 1.807) is 18.2 Å². The van der Waals surface area contributed by atoms with Gasteiger partial charge in [0.2, 0.25) is 5.91 Å². The number of aryl methyl sites for hydroxylation is 2. The molecule has 0 fully saturated rings. The van der Waals surface area contributed by atoms with E-state index in [1.807, 2.05) is 39.0 Å². The Labute approximate surface area is 159 Å². The second-order valence-electron chi connectivity index (χ2n) is 6.19. The zero-order chi connectivity index (χ0) is 19.8. The van der Waals surface area contributed by atoms with E-state index >= 15 is 0 Å². The van der Waals surface area contributed by atoms with Crippen LogP contribution in [0, 0.1) is 20.8 Å². The molecule has 0 saturated carbocycles. The Bertz CT molecular complexity index is 816. The summed E-state index contributed by atoms with van der Waals surface area (Å²) in [5, 5.41) is 2.86. The van der Waals surface area contributed by atoms with E-state index in [0.717, 1.165) is 22.4 Å². The number of carbonyl (C=O) groups is 2. The molecule has 0 aliphatic rings. The summed E-state index contributed by atoms with van der Waals surface area (Å²) < 4.78 is 15.6. The molecule has 2 aromatic rings. The summed E-state index contributed by atoms with van der Waals surface area (Å²) in [6.45, 7) is 6.02. The molecule has 1 amide bonds. The predicted octanol–water partition coefficient (Wildman–Crippen LogP) is 3.57. The van der Waals surface area contributed by atoms with E-state index in [2.05, 4.69) is 10.1 Å². The highest BCUT2D eigenvalue weighted by molar-refractivity contribution is 5.91. The average Bonchev–Trinajstić information content (AvgIpc) is 2.65. The van der Waals surface area contributed by atoms with Gasteiger partial charge in [0.15, 0.2) is 6.61 Å². The zero-order valence-corrected chi connectivity index (χ0v) is 16.1. The fourth-order valence-electron chi connectivity index (χ4n) is 2.41. The molecular weight excluding hydrogens is 346 g/mol. The first kappa shape index (κ1) is 20.3. The van der Waals surface area contributed by atoms with Crippen molar-refractivity contribution < 1.29 is 23.8 Å². The molecule has 1 N–H and O–H groups in total. The lowest BCUT2D eigenvalue weighted by molar-refractivity contribution is -0.142. The molecule has 0 radical (unpaired) electrons. The summed E-state index contributed by atoms with van der Waals surface area (Å²) >= 11 is 0. The third-order valence-electron chi connectivity index (χ3n) is 4.20. The van der Waals surface area contributed by atoms with Crippen LogP contribution in [-0.4, -0.2) is 32.2 Å². The van der Waals surface area contributed by atoms with Crippen molar-refractivity contribution in [3.63, 3.8) is 0 Å². The Hall–Kier alpha value is -3.02. The first-order valence-electron chi connectivity index (χ1n) is 8.70. The fraction of sp³-hybridized carbons (Fsp3) is 0.333. The van der Waals surface area contributed by atoms with E-state index in [4.69, 9.17) is 9.47 Å². The van der Waals surface area contributed by atoms with Gasteiger partial charge in [-0.2, -0.15) is 0 Å². The van der Waals surface area contributed by atoms with Gasteiger partial charge in [-0.05, 0) is 61.7 Å². The van der Waals surface area contributed by atoms with Crippen molar-refractivity contribution in [3.05, 3.63) is 53.1 Å². The largest absolute Gasteiger partial charge is 0.493 e. The van der Waals surface area contributed by atoms with Crippen LogP contribution in [0.15, 0.2) is 36.4 Å². The van der Waals surface area contributed by atoms with Crippen molar-refractivity contribution >= 4 is 17.6 Å². The van der Waals surface area contributed by atoms with Crippen molar-refractivity contribution in [3.8, 4) is 11.5 Å². The summed E-state index contributed by atoms with van der Waals surface area (Å²) in [4.78, 5) is 23.3. The summed E-state index contributed by atoms with van der Waals surface area (Å²) in [7, 11) is 1.31. The average molecular weight is 371 g/mol. The van der Waals surface area contributed by atoms with Gasteiger partial charge in [0, 0.05) is 5.69 Å². The Kier molecular flexibility index (Phi) is 7.23. The molecule has 0 unspecified atom stereocenters. The smallest absolute Gasteiger partial charge is 0.343 e. The number of nitrogens with one attached hydrogen (secondary N) is 1. The Morgan fingerprint density at radius 2 is 1.78 bits per heavy atom. The van der Waals surface area contributed by atoms with Crippen LogP contribution in [0.4, 0.5) is 5.69 Å². The van der Waals surface area contributed by atoms with Crippen molar-refractivity contribution in [2.75, 3.05) is 25.6 Å². The number of carbonyl (C=O) groups excluding carboxylic acids is 2. The molecule has 0 aromatic heterocycles. The highest BCUT2D eigenvalue weighted by Gasteiger charge is 2.09. The standard InChI is InChI=1S/C21H25NO5/c1-14-6-5-7-19(16(14)3)26-11-10-20(23)22-18-9-8-17(12-15(18)2)27-13-21(24)25-4/h5-9,12H,10-11,13H2,1-4H3,(H,22,23). The minimum atomic E-state index is -0.450. The lowest BCUT2D eigenvalue weighted by Crippen LogP contribution is -2.16. The minimum Gasteiger partial charge on any atom is -0.493 e. The van der Waals surface area contributed by atoms with Gasteiger partial charge in [-0.25, -0.2) is 4.79 Å². The van der Waals surface area contributed by atoms with E-state index < -0.39 is 5.97 Å². The van der Waals surface area contributed by atoms with Crippen LogP contribution >= 0.6 is 0 Å². The first-order valence-corrected chi connectivity index (χ1v) is 8.70. The lowest BCUT2D eigenvalue weighted by atomic mass is 10.1. The number of hydrogen-bond donors (Lipinski definition) is 1. The number of anilines is 1. The molecule has 0 heterocycles. The van der Waals surface area contributed by atoms with Gasteiger partial charge < -0.3 is 19.5 Å². The number of hydrogen-bond acceptors (Lipinski definition) is 5. The normalized spacial score (nSPS) is 10.2. The number of amides is 1. The molecular formula is C21H25NO5. The topological polar surface area (TPSA) is 73.9 Å². The van der Waals surface area contributed by atoms with Gasteiger partial charge in [0.1, 0.15) is 11.5 Å². The number of rotatable bonds is 8. The monoisotopic (exact) mass is 371 g/mol. The molecule has 2 rings (SSSR count). The first-order chi connectivity index (χ1) is 12.9. The van der Waals surface area contributed by atoms with Crippen LogP contribution in [0.25, 0.3) is 0 Å². The van der Waals surface area contributed by atoms with E-state index in [0.29, 0.717) is 18.0 Å². The molecule has 0 spiro atoms. The van der Waals surface area contributed by atoms with E-state index in [1.165, 1.54) is 7.11 Å². The third kappa shape index (κ3) is 6.02. The maximum Gasteiger partial charge on any atom is 0.343 e. The molecule has 0 aliphatic carbocycles. The molecule has 0 bridgehead atoms. The number of esters is 1. The summed E-state index contributed by atoms with van der Waals surface area (Å²) in [5.74, 6) is 0.751. The number of methoxy groups -OCH3 is 1. The Morgan fingerprint density at radius 1 is 1.00 bits per heavy atom. The SMILES string of the molecule is COC(=O)COc1ccc(NC(=O)CCOc2cccc(C)c2C)c(C)c1. The molecule has 0 atom stereocenters. The highest BCUT2D eigenvalue weighted by atomic mass is 16.6. The zero-order valence-electron chi connectivity index (χ0n) is 16.1. The Morgan fingerprint density at radius 3 is 2.48 bits per heavy atom. The van der Waals surface area contributed by atoms with Gasteiger partial charge >= 0.3 is 5.97 Å². The molecule has 144 valence electrons. The van der Waals surface area contributed by atoms with Crippen molar-refractivity contribution in [1.29, 1.82) is 0 Å². The van der Waals surface area contributed by atoms with Gasteiger partial charge in [-0.1, -0.05) is 12.1 Å². The van der Waals surface area contributed by atoms with Gasteiger partial charge in [0.05, 0.1) is 20.1 Å². The minimum absolute atomic E-state index is 0.133. The van der Waals surface area contributed by atoms with Crippen LogP contribution in [0.1, 0.15) is 23.1 Å². The molecule has 0 aliphatic heterocycles. The van der Waals surface area contributed by atoms with Crippen LogP contribution in [0.5, 0.6) is 11.5 Å². The van der Waals surface area contributed by atoms with E-state index in [9.17, 15) is 9.59 Å². The van der Waals surface area contributed by atoms with Crippen molar-refractivity contribution in [2.24, 2.45) is 0 Å². The van der Waals surface area contributed by atoms with Gasteiger partial charge in [-0.15, -0.1) is 0 Å². The second-order valence-corrected chi connectivity index (χ2v) is 6.19. The lowest BCUT2D eigenvalue weighted by Gasteiger charge is -2.12. The number of benzene rings is 2. The molecule has 27 heavy (non-hydrogen) atoms. The second kappa shape index (κ2) is 9.62. The van der Waals surface area contributed by atoms with E-state index in [-0.39, 0.29) is 18.9 Å². The quantitative estimate of drug-likeness (QED) is 0.718. The summed E-state index contributed by atoms with van der Waals surface area (Å²) in [6.07, 6.45) is 0.243. The maximum absolute atomic E-state index is 12.2. The fourth-order valence-corrected chi connectivity index (χ4v) is 2.41. The molecule has 6 heteroatoms. The highest BCUT2D eigenvalue weighted by Crippen LogP contribution is 2.22. The number of ether oxygens (including phenoxy) is 3. The molecule has 0 saturated heterocycles. The van der Waals surface area contributed by atoms with Crippen molar-refractivity contribution in [2.45, 2.75) is 27.2 Å². The molecule has 6 nitrogen and oxygen atoms in total. The van der Waals surface area contributed by atoms with Crippen LogP contribution < -0.4 is 14.8 Å². The Balaban J connectivity index is 1.84. The van der Waals surface area contributed by atoms with Crippen LogP contribution in [-0.2, 0) is 14.3 Å². The maximum atomic E-state index is 12.2. The molecule has 2 aromatic carbocycles. The third-order valence-corrected chi connectivity index (χ3v) is 4.20.